The van der Waals surface area contributed by atoms with Crippen molar-refractivity contribution in [3.05, 3.63) is 95.9 Å². The molecule has 2 aromatic carbocycles. The van der Waals surface area contributed by atoms with E-state index in [-0.39, 0.29) is 18.4 Å². The highest BCUT2D eigenvalue weighted by Crippen LogP contribution is 2.24. The normalized spacial score (nSPS) is 10.5. The predicted octanol–water partition coefficient (Wildman–Crippen LogP) is 4.00. The second-order valence-electron chi connectivity index (χ2n) is 7.27. The summed E-state index contributed by atoms with van der Waals surface area (Å²) in [6.45, 7) is -0.103. The average molecular weight is 455 g/mol. The molecule has 0 aliphatic rings. The van der Waals surface area contributed by atoms with Crippen LogP contribution in [0.1, 0.15) is 21.6 Å². The SMILES string of the molecule is C#Cc1cccc(N(CC(=O)NC)C(=O)c2ccc(SCc3cn4ccccc4n3)cc2)c1. The van der Waals surface area contributed by atoms with Crippen molar-refractivity contribution in [3.8, 4) is 12.3 Å². The zero-order chi connectivity index (χ0) is 23.2. The number of fused-ring (bicyclic) bond motifs is 1. The summed E-state index contributed by atoms with van der Waals surface area (Å²) in [6, 6.07) is 20.3. The van der Waals surface area contributed by atoms with Crippen LogP contribution in [0.25, 0.3) is 5.65 Å². The van der Waals surface area contributed by atoms with Gasteiger partial charge in [-0.15, -0.1) is 18.2 Å². The molecule has 0 radical (unpaired) electrons. The zero-order valence-electron chi connectivity index (χ0n) is 18.1. The molecule has 33 heavy (non-hydrogen) atoms. The fraction of sp³-hybridized carbons (Fsp3) is 0.115. The lowest BCUT2D eigenvalue weighted by molar-refractivity contribution is -0.119. The van der Waals surface area contributed by atoms with Crippen molar-refractivity contribution in [2.24, 2.45) is 0 Å². The van der Waals surface area contributed by atoms with Crippen LogP contribution < -0.4 is 10.2 Å². The number of hydrogen-bond acceptors (Lipinski definition) is 4. The molecule has 0 spiro atoms. The molecule has 6 nitrogen and oxygen atoms in total. The van der Waals surface area contributed by atoms with Crippen molar-refractivity contribution in [2.45, 2.75) is 10.6 Å². The topological polar surface area (TPSA) is 66.7 Å². The number of nitrogens with zero attached hydrogens (tertiary/aromatic N) is 3. The molecule has 0 fully saturated rings. The number of nitrogens with one attached hydrogen (secondary N) is 1. The van der Waals surface area contributed by atoms with Crippen molar-refractivity contribution in [1.29, 1.82) is 0 Å². The van der Waals surface area contributed by atoms with E-state index in [0.29, 0.717) is 16.8 Å². The minimum atomic E-state index is -0.273. The smallest absolute Gasteiger partial charge is 0.258 e. The van der Waals surface area contributed by atoms with E-state index in [2.05, 4.69) is 16.2 Å². The van der Waals surface area contributed by atoms with Gasteiger partial charge in [0.1, 0.15) is 12.2 Å². The van der Waals surface area contributed by atoms with Gasteiger partial charge in [-0.1, -0.05) is 18.1 Å². The Morgan fingerprint density at radius 1 is 1.12 bits per heavy atom. The van der Waals surface area contributed by atoms with Gasteiger partial charge < -0.3 is 9.72 Å². The second-order valence-corrected chi connectivity index (χ2v) is 8.32. The third-order valence-electron chi connectivity index (χ3n) is 5.05. The molecule has 0 aliphatic carbocycles. The van der Waals surface area contributed by atoms with Crippen molar-refractivity contribution < 1.29 is 9.59 Å². The lowest BCUT2D eigenvalue weighted by Gasteiger charge is -2.22. The van der Waals surface area contributed by atoms with E-state index in [4.69, 9.17) is 6.42 Å². The van der Waals surface area contributed by atoms with Gasteiger partial charge in [0.15, 0.2) is 0 Å². The molecule has 1 N–H and O–H groups in total. The number of pyridine rings is 1. The molecule has 0 atom stereocenters. The van der Waals surface area contributed by atoms with Crippen LogP contribution in [0, 0.1) is 12.3 Å². The Balaban J connectivity index is 1.49. The summed E-state index contributed by atoms with van der Waals surface area (Å²) in [5, 5.41) is 2.57. The maximum atomic E-state index is 13.3. The van der Waals surface area contributed by atoms with Crippen LogP contribution in [-0.4, -0.2) is 34.8 Å². The first-order chi connectivity index (χ1) is 16.1. The highest BCUT2D eigenvalue weighted by atomic mass is 32.2. The van der Waals surface area contributed by atoms with Crippen LogP contribution in [0.5, 0.6) is 0 Å². The zero-order valence-corrected chi connectivity index (χ0v) is 18.9. The summed E-state index contributed by atoms with van der Waals surface area (Å²) in [5.41, 5.74) is 3.60. The van der Waals surface area contributed by atoms with Gasteiger partial charge >= 0.3 is 0 Å². The van der Waals surface area contributed by atoms with Crippen LogP contribution >= 0.6 is 11.8 Å². The average Bonchev–Trinajstić information content (AvgIpc) is 3.29. The van der Waals surface area contributed by atoms with Crippen LogP contribution in [0.2, 0.25) is 0 Å². The molecule has 0 bridgehead atoms. The molecule has 7 heteroatoms. The van der Waals surface area contributed by atoms with Crippen LogP contribution in [0.3, 0.4) is 0 Å². The summed E-state index contributed by atoms with van der Waals surface area (Å²) in [7, 11) is 1.54. The van der Waals surface area contributed by atoms with E-state index in [9.17, 15) is 9.59 Å². The van der Waals surface area contributed by atoms with Crippen molar-refractivity contribution in [1.82, 2.24) is 14.7 Å². The standard InChI is InChI=1S/C26H22N4O2S/c1-3-19-7-6-8-22(15-19)30(17-25(31)27-2)26(32)20-10-12-23(13-11-20)33-18-21-16-29-14-5-4-9-24(29)28-21/h1,4-16H,17-18H2,2H3,(H,27,31). The number of imidazole rings is 1. The highest BCUT2D eigenvalue weighted by molar-refractivity contribution is 7.98. The van der Waals surface area contributed by atoms with Gasteiger partial charge in [0.25, 0.3) is 5.91 Å². The number of likely N-dealkylation sites (N-methyl/N-ethyl adjacent to an activating group) is 1. The number of carbonyl (C=O) groups is 2. The molecule has 2 aromatic heterocycles. The minimum Gasteiger partial charge on any atom is -0.358 e. The summed E-state index contributed by atoms with van der Waals surface area (Å²) < 4.78 is 1.99. The Morgan fingerprint density at radius 3 is 2.67 bits per heavy atom. The number of hydrogen-bond donors (Lipinski definition) is 1. The van der Waals surface area contributed by atoms with E-state index in [1.165, 1.54) is 11.9 Å². The quantitative estimate of drug-likeness (QED) is 0.339. The molecule has 2 heterocycles. The van der Waals surface area contributed by atoms with Gasteiger partial charge in [0.2, 0.25) is 5.91 Å². The third-order valence-corrected chi connectivity index (χ3v) is 6.10. The predicted molar refractivity (Wildman–Crippen MR) is 131 cm³/mol. The van der Waals surface area contributed by atoms with Crippen LogP contribution in [0.4, 0.5) is 5.69 Å². The molecule has 2 amide bonds. The van der Waals surface area contributed by atoms with Gasteiger partial charge in [-0.3, -0.25) is 14.5 Å². The Kier molecular flexibility index (Phi) is 6.77. The molecule has 4 aromatic rings. The fourth-order valence-corrected chi connectivity index (χ4v) is 4.11. The number of terminal acetylenes is 1. The maximum absolute atomic E-state index is 13.3. The van der Waals surface area contributed by atoms with Crippen molar-refractivity contribution in [3.63, 3.8) is 0 Å². The van der Waals surface area contributed by atoms with Crippen molar-refractivity contribution >= 4 is 34.9 Å². The largest absolute Gasteiger partial charge is 0.358 e. The first-order valence-corrected chi connectivity index (χ1v) is 11.3. The lowest BCUT2D eigenvalue weighted by atomic mass is 10.1. The number of amides is 2. The van der Waals surface area contributed by atoms with Gasteiger partial charge in [-0.2, -0.15) is 0 Å². The highest BCUT2D eigenvalue weighted by Gasteiger charge is 2.20. The van der Waals surface area contributed by atoms with Gasteiger partial charge in [-0.05, 0) is 54.6 Å². The first-order valence-electron chi connectivity index (χ1n) is 10.3. The second kappa shape index (κ2) is 10.1. The fourth-order valence-electron chi connectivity index (χ4n) is 3.33. The number of thioether (sulfide) groups is 1. The van der Waals surface area contributed by atoms with E-state index in [1.807, 2.05) is 47.1 Å². The van der Waals surface area contributed by atoms with Gasteiger partial charge in [0, 0.05) is 46.9 Å². The van der Waals surface area contributed by atoms with E-state index >= 15 is 0 Å². The summed E-state index contributed by atoms with van der Waals surface area (Å²) in [6.07, 6.45) is 9.49. The summed E-state index contributed by atoms with van der Waals surface area (Å²) in [5.74, 6) is 2.74. The number of anilines is 1. The van der Waals surface area contributed by atoms with Gasteiger partial charge in [0.05, 0.1) is 5.69 Å². The Hall–Kier alpha value is -4.02. The molecular weight excluding hydrogens is 432 g/mol. The molecule has 0 aliphatic heterocycles. The number of carbonyl (C=O) groups excluding carboxylic acids is 2. The maximum Gasteiger partial charge on any atom is 0.258 e. The summed E-state index contributed by atoms with van der Waals surface area (Å²) >= 11 is 1.65. The molecule has 164 valence electrons. The molecular formula is C26H22N4O2S. The van der Waals surface area contributed by atoms with E-state index < -0.39 is 0 Å². The molecule has 4 rings (SSSR count). The third kappa shape index (κ3) is 5.25. The summed E-state index contributed by atoms with van der Waals surface area (Å²) in [4.78, 5) is 32.4. The van der Waals surface area contributed by atoms with E-state index in [1.54, 1.807) is 48.2 Å². The van der Waals surface area contributed by atoms with Gasteiger partial charge in [-0.25, -0.2) is 4.98 Å². The first kappa shape index (κ1) is 22.2. The Labute approximate surface area is 196 Å². The number of aromatic nitrogens is 2. The molecule has 0 saturated heterocycles. The number of benzene rings is 2. The Morgan fingerprint density at radius 2 is 1.94 bits per heavy atom. The minimum absolute atomic E-state index is 0.103. The van der Waals surface area contributed by atoms with E-state index in [0.717, 1.165) is 22.0 Å². The lowest BCUT2D eigenvalue weighted by Crippen LogP contribution is -2.39. The van der Waals surface area contributed by atoms with Crippen LogP contribution in [0.15, 0.2) is 84.0 Å². The number of rotatable bonds is 7. The molecule has 0 unspecified atom stereocenters. The molecule has 0 saturated carbocycles. The van der Waals surface area contributed by atoms with Crippen LogP contribution in [-0.2, 0) is 10.5 Å². The Bertz CT molecular complexity index is 1310. The van der Waals surface area contributed by atoms with Crippen molar-refractivity contribution in [2.75, 3.05) is 18.5 Å². The monoisotopic (exact) mass is 454 g/mol.